The van der Waals surface area contributed by atoms with Crippen molar-refractivity contribution in [2.24, 2.45) is 9.98 Å². The maximum atomic E-state index is 4.76. The molecule has 3 N–H and O–H groups in total. The van der Waals surface area contributed by atoms with Gasteiger partial charge in [0.2, 0.25) is 0 Å². The normalized spacial score (nSPS) is 19.0. The first kappa shape index (κ1) is 21.0. The van der Waals surface area contributed by atoms with Crippen LogP contribution in [-0.2, 0) is 0 Å². The summed E-state index contributed by atoms with van der Waals surface area (Å²) in [7, 11) is 0. The number of nitrogens with zero attached hydrogens (tertiary/aromatic N) is 4. The molecule has 1 aromatic rings. The summed E-state index contributed by atoms with van der Waals surface area (Å²) in [6.45, 7) is 10.1. The van der Waals surface area contributed by atoms with Gasteiger partial charge in [0.25, 0.3) is 0 Å². The Balaban J connectivity index is 1.63. The Hall–Kier alpha value is -2.67. The molecule has 0 unspecified atom stereocenters. The van der Waals surface area contributed by atoms with Gasteiger partial charge in [-0.05, 0) is 38.6 Å². The largest absolute Gasteiger partial charge is 0.368 e. The van der Waals surface area contributed by atoms with Crippen LogP contribution in [0.3, 0.4) is 0 Å². The molecule has 0 bridgehead atoms. The number of aromatic nitrogens is 1. The number of aliphatic imine (C=N–C) groups is 2. The van der Waals surface area contributed by atoms with E-state index in [1.807, 2.05) is 31.3 Å². The topological polar surface area (TPSA) is 76.9 Å². The lowest BCUT2D eigenvalue weighted by atomic mass is 10.2. The lowest BCUT2D eigenvalue weighted by Gasteiger charge is -2.29. The van der Waals surface area contributed by atoms with Crippen LogP contribution < -0.4 is 20.9 Å². The van der Waals surface area contributed by atoms with Crippen LogP contribution in [0.5, 0.6) is 0 Å². The Morgan fingerprint density at radius 3 is 2.76 bits per heavy atom. The molecular formula is C22H33N7. The zero-order valence-corrected chi connectivity index (χ0v) is 17.4. The molecule has 2 fully saturated rings. The van der Waals surface area contributed by atoms with Crippen molar-refractivity contribution < 1.29 is 0 Å². The minimum atomic E-state index is 0.446. The van der Waals surface area contributed by atoms with Crippen LogP contribution in [0.4, 0.5) is 11.5 Å². The van der Waals surface area contributed by atoms with E-state index in [2.05, 4.69) is 43.6 Å². The minimum absolute atomic E-state index is 0.446. The molecule has 1 aromatic heterocycles. The van der Waals surface area contributed by atoms with Gasteiger partial charge < -0.3 is 20.9 Å². The maximum absolute atomic E-state index is 4.76. The number of nitrogens with one attached hydrogen (secondary N) is 3. The Morgan fingerprint density at radius 2 is 2.10 bits per heavy atom. The highest BCUT2D eigenvalue weighted by atomic mass is 15.2. The molecule has 156 valence electrons. The second-order valence-electron chi connectivity index (χ2n) is 7.37. The van der Waals surface area contributed by atoms with Crippen LogP contribution in [0.1, 0.15) is 32.6 Å². The fourth-order valence-electron chi connectivity index (χ4n) is 3.75. The number of rotatable bonds is 8. The highest BCUT2D eigenvalue weighted by Gasteiger charge is 2.17. The van der Waals surface area contributed by atoms with Crippen LogP contribution in [0.15, 0.2) is 52.2 Å². The van der Waals surface area contributed by atoms with E-state index in [1.54, 1.807) is 6.20 Å². The van der Waals surface area contributed by atoms with Crippen molar-refractivity contribution in [1.29, 1.82) is 0 Å². The van der Waals surface area contributed by atoms with Crippen molar-refractivity contribution in [1.82, 2.24) is 15.6 Å². The van der Waals surface area contributed by atoms with Crippen molar-refractivity contribution in [3.8, 4) is 0 Å². The number of allylic oxidation sites excluding steroid dienone is 1. The smallest absolute Gasteiger partial charge is 0.132 e. The van der Waals surface area contributed by atoms with E-state index in [0.717, 1.165) is 43.4 Å². The van der Waals surface area contributed by atoms with Gasteiger partial charge in [0.1, 0.15) is 18.3 Å². The summed E-state index contributed by atoms with van der Waals surface area (Å²) in [5.74, 6) is 1.68. The van der Waals surface area contributed by atoms with E-state index in [-0.39, 0.29) is 0 Å². The van der Waals surface area contributed by atoms with Crippen LogP contribution in [-0.4, -0.2) is 56.4 Å². The molecule has 1 aliphatic carbocycles. The fraction of sp³-hybridized carbons (Fsp3) is 0.500. The summed E-state index contributed by atoms with van der Waals surface area (Å²) < 4.78 is 0. The fourth-order valence-corrected chi connectivity index (χ4v) is 3.75. The zero-order chi connectivity index (χ0) is 20.3. The first-order chi connectivity index (χ1) is 14.3. The third kappa shape index (κ3) is 6.42. The van der Waals surface area contributed by atoms with Gasteiger partial charge in [-0.3, -0.25) is 4.99 Å². The highest BCUT2D eigenvalue weighted by Crippen LogP contribution is 2.19. The van der Waals surface area contributed by atoms with Gasteiger partial charge in [0.05, 0.1) is 11.9 Å². The zero-order valence-electron chi connectivity index (χ0n) is 17.4. The van der Waals surface area contributed by atoms with Gasteiger partial charge in [-0.15, -0.1) is 0 Å². The Bertz CT molecular complexity index is 724. The molecule has 0 atom stereocenters. The molecule has 1 saturated carbocycles. The molecule has 29 heavy (non-hydrogen) atoms. The first-order valence-electron chi connectivity index (χ1n) is 10.6. The van der Waals surface area contributed by atoms with Crippen molar-refractivity contribution in [3.05, 3.63) is 42.3 Å². The average molecular weight is 396 g/mol. The van der Waals surface area contributed by atoms with Crippen molar-refractivity contribution >= 4 is 24.1 Å². The van der Waals surface area contributed by atoms with Crippen molar-refractivity contribution in [3.63, 3.8) is 0 Å². The van der Waals surface area contributed by atoms with Gasteiger partial charge in [-0.1, -0.05) is 25.0 Å². The highest BCUT2D eigenvalue weighted by molar-refractivity contribution is 6.01. The molecule has 2 aliphatic rings. The van der Waals surface area contributed by atoms with Crippen molar-refractivity contribution in [2.75, 3.05) is 43.1 Å². The molecule has 0 spiro atoms. The predicted octanol–water partition coefficient (Wildman–Crippen LogP) is 2.95. The molecule has 7 nitrogen and oxygen atoms in total. The standard InChI is InChI=1S/C22H33N7/c1-3-6-18(15-23-2)22(28-19-7-4-5-8-19)27-17-26-21-10-9-20(16-25-21)29-13-11-24-12-14-29/h3,6,9-10,15-16,19,24H,2,4-5,7-8,11-14,17H2,1H3,(H,25,26)(H,27,28)/b6-3+,18-15-. The molecule has 0 amide bonds. The molecule has 7 heteroatoms. The second-order valence-corrected chi connectivity index (χ2v) is 7.37. The van der Waals surface area contributed by atoms with E-state index >= 15 is 0 Å². The third-order valence-corrected chi connectivity index (χ3v) is 5.27. The lowest BCUT2D eigenvalue weighted by molar-refractivity contribution is 0.589. The number of amidine groups is 1. The summed E-state index contributed by atoms with van der Waals surface area (Å²) >= 11 is 0. The number of hydrogen-bond acceptors (Lipinski definition) is 6. The van der Waals surface area contributed by atoms with E-state index in [4.69, 9.17) is 4.99 Å². The van der Waals surface area contributed by atoms with Crippen LogP contribution in [0, 0.1) is 0 Å². The monoisotopic (exact) mass is 395 g/mol. The van der Waals surface area contributed by atoms with E-state index in [0.29, 0.717) is 12.7 Å². The van der Waals surface area contributed by atoms with Crippen LogP contribution in [0.25, 0.3) is 0 Å². The van der Waals surface area contributed by atoms with Gasteiger partial charge in [0.15, 0.2) is 0 Å². The van der Waals surface area contributed by atoms with Crippen molar-refractivity contribution in [2.45, 2.75) is 38.6 Å². The summed E-state index contributed by atoms with van der Waals surface area (Å²) in [4.78, 5) is 15.6. The van der Waals surface area contributed by atoms with Gasteiger partial charge in [-0.25, -0.2) is 9.98 Å². The van der Waals surface area contributed by atoms with E-state index in [9.17, 15) is 0 Å². The predicted molar refractivity (Wildman–Crippen MR) is 123 cm³/mol. The van der Waals surface area contributed by atoms with Gasteiger partial charge in [-0.2, -0.15) is 0 Å². The molecule has 2 heterocycles. The summed E-state index contributed by atoms with van der Waals surface area (Å²) in [5.41, 5.74) is 2.11. The summed E-state index contributed by atoms with van der Waals surface area (Å²) in [6, 6.07) is 4.61. The van der Waals surface area contributed by atoms with Crippen LogP contribution >= 0.6 is 0 Å². The second kappa shape index (κ2) is 11.4. The third-order valence-electron chi connectivity index (χ3n) is 5.27. The minimum Gasteiger partial charge on any atom is -0.368 e. The molecule has 0 radical (unpaired) electrons. The summed E-state index contributed by atoms with van der Waals surface area (Å²) in [6.07, 6.45) is 12.6. The molecule has 1 saturated heterocycles. The number of hydrogen-bond donors (Lipinski definition) is 3. The molecule has 1 aliphatic heterocycles. The summed E-state index contributed by atoms with van der Waals surface area (Å²) in [5, 5.41) is 10.3. The maximum Gasteiger partial charge on any atom is 0.132 e. The number of anilines is 2. The Labute approximate surface area is 174 Å². The Morgan fingerprint density at radius 1 is 1.31 bits per heavy atom. The molecule has 3 rings (SSSR count). The lowest BCUT2D eigenvalue weighted by Crippen LogP contribution is -2.43. The Kier molecular flexibility index (Phi) is 8.25. The van der Waals surface area contributed by atoms with Crippen LogP contribution in [0.2, 0.25) is 0 Å². The number of piperazine rings is 1. The van der Waals surface area contributed by atoms with Gasteiger partial charge in [0, 0.05) is 44.0 Å². The van der Waals surface area contributed by atoms with E-state index in [1.165, 1.54) is 31.4 Å². The van der Waals surface area contributed by atoms with Gasteiger partial charge >= 0.3 is 0 Å². The quantitative estimate of drug-likeness (QED) is 0.358. The number of pyridine rings is 1. The average Bonchev–Trinajstić information content (AvgIpc) is 3.27. The molecular weight excluding hydrogens is 362 g/mol. The first-order valence-corrected chi connectivity index (χ1v) is 10.6. The SMILES string of the molecule is C=N/C=C(/C=C/C)C(=N/CNc1ccc(N2CCNCC2)cn1)\NC1CCCC1. The molecule has 0 aromatic carbocycles. The van der Waals surface area contributed by atoms with E-state index < -0.39 is 0 Å².